The Bertz CT molecular complexity index is 437. The van der Waals surface area contributed by atoms with Crippen molar-refractivity contribution in [1.82, 2.24) is 15.3 Å². The maximum absolute atomic E-state index is 11.2. The number of nitrogens with zero attached hydrogens (tertiary/aromatic N) is 4. The average Bonchev–Trinajstić information content (AvgIpc) is 2.39. The largest absolute Gasteiger partial charge is 0.480 e. The van der Waals surface area contributed by atoms with Crippen LogP contribution in [0.4, 0.5) is 11.8 Å². The predicted molar refractivity (Wildman–Crippen MR) is 68.0 cm³/mol. The molecule has 1 aromatic heterocycles. The summed E-state index contributed by atoms with van der Waals surface area (Å²) in [7, 11) is 3.71. The van der Waals surface area contributed by atoms with Crippen molar-refractivity contribution in [3.05, 3.63) is 12.3 Å². The average molecular weight is 251 g/mol. The molecule has 1 aromatic rings. The third kappa shape index (κ3) is 2.51. The number of anilines is 2. The van der Waals surface area contributed by atoms with Crippen molar-refractivity contribution in [2.24, 2.45) is 0 Å². The van der Waals surface area contributed by atoms with Gasteiger partial charge in [0.05, 0.1) is 0 Å². The Labute approximate surface area is 105 Å². The van der Waals surface area contributed by atoms with Gasteiger partial charge in [-0.05, 0) is 6.07 Å². The molecule has 7 nitrogen and oxygen atoms in total. The molecule has 0 bridgehead atoms. The van der Waals surface area contributed by atoms with E-state index in [1.807, 2.05) is 14.1 Å². The van der Waals surface area contributed by atoms with Crippen LogP contribution in [-0.4, -0.2) is 60.8 Å². The summed E-state index contributed by atoms with van der Waals surface area (Å²) in [4.78, 5) is 23.3. The molecule has 7 heteroatoms. The Balaban J connectivity index is 2.28. The number of carboxylic acids is 1. The molecule has 1 aliphatic rings. The van der Waals surface area contributed by atoms with Crippen molar-refractivity contribution in [3.63, 3.8) is 0 Å². The lowest BCUT2D eigenvalue weighted by atomic mass is 10.2. The summed E-state index contributed by atoms with van der Waals surface area (Å²) in [6.45, 7) is 1.81. The Hall–Kier alpha value is -1.89. The minimum Gasteiger partial charge on any atom is -0.480 e. The second-order valence-electron chi connectivity index (χ2n) is 4.36. The van der Waals surface area contributed by atoms with Gasteiger partial charge in [-0.3, -0.25) is 0 Å². The number of piperazine rings is 1. The summed E-state index contributed by atoms with van der Waals surface area (Å²) < 4.78 is 0. The van der Waals surface area contributed by atoms with Crippen LogP contribution in [0.3, 0.4) is 0 Å². The second-order valence-corrected chi connectivity index (χ2v) is 4.36. The quantitative estimate of drug-likeness (QED) is 0.742. The number of rotatable bonds is 3. The molecule has 98 valence electrons. The second kappa shape index (κ2) is 5.18. The first kappa shape index (κ1) is 12.6. The van der Waals surface area contributed by atoms with Gasteiger partial charge in [0.1, 0.15) is 11.9 Å². The fourth-order valence-corrected chi connectivity index (χ4v) is 1.91. The zero-order valence-corrected chi connectivity index (χ0v) is 10.5. The fourth-order valence-electron chi connectivity index (χ4n) is 1.91. The number of nitrogens with one attached hydrogen (secondary N) is 1. The maximum atomic E-state index is 11.2. The van der Waals surface area contributed by atoms with Crippen molar-refractivity contribution in [1.29, 1.82) is 0 Å². The van der Waals surface area contributed by atoms with Crippen LogP contribution >= 0.6 is 0 Å². The first-order valence-electron chi connectivity index (χ1n) is 5.80. The molecule has 1 unspecified atom stereocenters. The molecule has 0 saturated carbocycles. The fraction of sp³-hybridized carbons (Fsp3) is 0.545. The molecule has 0 radical (unpaired) electrons. The minimum absolute atomic E-state index is 0.427. The van der Waals surface area contributed by atoms with E-state index in [2.05, 4.69) is 15.3 Å². The van der Waals surface area contributed by atoms with Crippen LogP contribution in [-0.2, 0) is 4.79 Å². The summed E-state index contributed by atoms with van der Waals surface area (Å²) in [5, 5.41) is 12.3. The van der Waals surface area contributed by atoms with E-state index in [-0.39, 0.29) is 0 Å². The molecule has 1 atom stereocenters. The van der Waals surface area contributed by atoms with E-state index in [1.54, 1.807) is 22.1 Å². The lowest BCUT2D eigenvalue weighted by molar-refractivity contribution is -0.138. The Morgan fingerprint density at radius 1 is 1.61 bits per heavy atom. The molecular formula is C11H17N5O2. The first-order valence-corrected chi connectivity index (χ1v) is 5.80. The highest BCUT2D eigenvalue weighted by Gasteiger charge is 2.29. The summed E-state index contributed by atoms with van der Waals surface area (Å²) in [5.41, 5.74) is 0. The molecule has 1 aliphatic heterocycles. The van der Waals surface area contributed by atoms with Gasteiger partial charge in [-0.1, -0.05) is 0 Å². The van der Waals surface area contributed by atoms with Crippen LogP contribution in [0.1, 0.15) is 0 Å². The smallest absolute Gasteiger partial charge is 0.327 e. The Morgan fingerprint density at radius 2 is 2.39 bits per heavy atom. The van der Waals surface area contributed by atoms with Gasteiger partial charge < -0.3 is 20.2 Å². The molecule has 18 heavy (non-hydrogen) atoms. The third-order valence-electron chi connectivity index (χ3n) is 2.85. The molecule has 2 heterocycles. The van der Waals surface area contributed by atoms with E-state index < -0.39 is 12.0 Å². The zero-order chi connectivity index (χ0) is 13.1. The highest BCUT2D eigenvalue weighted by Crippen LogP contribution is 2.17. The summed E-state index contributed by atoms with van der Waals surface area (Å²) in [6.07, 6.45) is 1.65. The van der Waals surface area contributed by atoms with Crippen LogP contribution in [0.15, 0.2) is 12.3 Å². The maximum Gasteiger partial charge on any atom is 0.327 e. The first-order chi connectivity index (χ1) is 8.59. The highest BCUT2D eigenvalue weighted by molar-refractivity contribution is 5.78. The number of hydrogen-bond acceptors (Lipinski definition) is 6. The van der Waals surface area contributed by atoms with E-state index in [1.165, 1.54) is 0 Å². The number of carbonyl (C=O) groups is 1. The number of aromatic nitrogens is 2. The summed E-state index contributed by atoms with van der Waals surface area (Å²) in [5.74, 6) is 0.394. The van der Waals surface area contributed by atoms with Crippen LogP contribution in [0.25, 0.3) is 0 Å². The van der Waals surface area contributed by atoms with Gasteiger partial charge in [-0.25, -0.2) is 9.78 Å². The van der Waals surface area contributed by atoms with Gasteiger partial charge in [0.25, 0.3) is 0 Å². The van der Waals surface area contributed by atoms with E-state index in [0.717, 1.165) is 6.54 Å². The van der Waals surface area contributed by atoms with Crippen molar-refractivity contribution >= 4 is 17.7 Å². The van der Waals surface area contributed by atoms with Crippen molar-refractivity contribution in [3.8, 4) is 0 Å². The van der Waals surface area contributed by atoms with Crippen LogP contribution in [0.2, 0.25) is 0 Å². The van der Waals surface area contributed by atoms with Crippen LogP contribution in [0, 0.1) is 0 Å². The molecular weight excluding hydrogens is 234 g/mol. The monoisotopic (exact) mass is 251 g/mol. The highest BCUT2D eigenvalue weighted by atomic mass is 16.4. The molecule has 0 amide bonds. The SMILES string of the molecule is CN(C)c1nccc(N2CCNCC2C(=O)O)n1. The van der Waals surface area contributed by atoms with E-state index in [4.69, 9.17) is 0 Å². The molecule has 1 fully saturated rings. The molecule has 0 aliphatic carbocycles. The van der Waals surface area contributed by atoms with Gasteiger partial charge in [-0.2, -0.15) is 4.98 Å². The Morgan fingerprint density at radius 3 is 3.06 bits per heavy atom. The number of carboxylic acid groups (broad SMARTS) is 1. The number of aliphatic carboxylic acids is 1. The van der Waals surface area contributed by atoms with Crippen molar-refractivity contribution in [2.45, 2.75) is 6.04 Å². The third-order valence-corrected chi connectivity index (χ3v) is 2.85. The molecule has 2 N–H and O–H groups in total. The van der Waals surface area contributed by atoms with Crippen LogP contribution < -0.4 is 15.1 Å². The molecule has 1 saturated heterocycles. The zero-order valence-electron chi connectivity index (χ0n) is 10.5. The minimum atomic E-state index is -0.841. The summed E-state index contributed by atoms with van der Waals surface area (Å²) in [6, 6.07) is 1.16. The lowest BCUT2D eigenvalue weighted by Crippen LogP contribution is -2.55. The summed E-state index contributed by atoms with van der Waals surface area (Å²) >= 11 is 0. The van der Waals surface area contributed by atoms with E-state index in [0.29, 0.717) is 24.9 Å². The van der Waals surface area contributed by atoms with Gasteiger partial charge in [0.2, 0.25) is 5.95 Å². The Kier molecular flexibility index (Phi) is 3.61. The number of hydrogen-bond donors (Lipinski definition) is 2. The van der Waals surface area contributed by atoms with Gasteiger partial charge in [-0.15, -0.1) is 0 Å². The predicted octanol–water partition coefficient (Wildman–Crippen LogP) is -0.595. The van der Waals surface area contributed by atoms with Gasteiger partial charge in [0.15, 0.2) is 0 Å². The standard InChI is InChI=1S/C11H17N5O2/c1-15(2)11-13-4-3-9(14-11)16-6-5-12-7-8(16)10(17)18/h3-4,8,12H,5-7H2,1-2H3,(H,17,18). The normalized spacial score (nSPS) is 19.7. The molecule has 2 rings (SSSR count). The lowest BCUT2D eigenvalue weighted by Gasteiger charge is -2.34. The van der Waals surface area contributed by atoms with Gasteiger partial charge in [0, 0.05) is 39.9 Å². The van der Waals surface area contributed by atoms with Crippen molar-refractivity contribution < 1.29 is 9.90 Å². The topological polar surface area (TPSA) is 81.6 Å². The molecule has 0 aromatic carbocycles. The van der Waals surface area contributed by atoms with E-state index in [9.17, 15) is 9.90 Å². The van der Waals surface area contributed by atoms with Gasteiger partial charge >= 0.3 is 5.97 Å². The van der Waals surface area contributed by atoms with Crippen molar-refractivity contribution in [2.75, 3.05) is 43.5 Å². The molecule has 0 spiro atoms. The van der Waals surface area contributed by atoms with E-state index >= 15 is 0 Å². The van der Waals surface area contributed by atoms with Crippen LogP contribution in [0.5, 0.6) is 0 Å².